The number of benzene rings is 1. The number of esters is 1. The summed E-state index contributed by atoms with van der Waals surface area (Å²) in [7, 11) is 1.34. The summed E-state index contributed by atoms with van der Waals surface area (Å²) in [5.41, 5.74) is 2.65. The SMILES string of the molecule is COC(=O)c1cc(-c2n[nH]c(=O)c3cccnc23)ccc1C. The van der Waals surface area contributed by atoms with Gasteiger partial charge in [-0.1, -0.05) is 12.1 Å². The van der Waals surface area contributed by atoms with Gasteiger partial charge >= 0.3 is 5.97 Å². The van der Waals surface area contributed by atoms with E-state index in [0.717, 1.165) is 5.56 Å². The summed E-state index contributed by atoms with van der Waals surface area (Å²) in [6, 6.07) is 8.70. The maximum atomic E-state index is 11.8. The van der Waals surface area contributed by atoms with Gasteiger partial charge in [0.1, 0.15) is 11.2 Å². The number of aromatic nitrogens is 3. The number of rotatable bonds is 2. The summed E-state index contributed by atoms with van der Waals surface area (Å²) in [6.07, 6.45) is 1.60. The first-order chi connectivity index (χ1) is 10.6. The van der Waals surface area contributed by atoms with Gasteiger partial charge in [0.15, 0.2) is 0 Å². The van der Waals surface area contributed by atoms with Crippen molar-refractivity contribution in [2.45, 2.75) is 6.92 Å². The van der Waals surface area contributed by atoms with E-state index in [1.165, 1.54) is 7.11 Å². The van der Waals surface area contributed by atoms with E-state index in [1.54, 1.807) is 24.4 Å². The van der Waals surface area contributed by atoms with Gasteiger partial charge in [0.2, 0.25) is 0 Å². The second-order valence-electron chi connectivity index (χ2n) is 4.82. The van der Waals surface area contributed by atoms with Crippen molar-refractivity contribution in [3.8, 4) is 11.3 Å². The number of methoxy groups -OCH3 is 1. The van der Waals surface area contributed by atoms with Crippen LogP contribution in [0.2, 0.25) is 0 Å². The van der Waals surface area contributed by atoms with Crippen LogP contribution in [0.5, 0.6) is 0 Å². The van der Waals surface area contributed by atoms with Crippen LogP contribution >= 0.6 is 0 Å². The van der Waals surface area contributed by atoms with Crippen LogP contribution in [0.3, 0.4) is 0 Å². The van der Waals surface area contributed by atoms with Crippen molar-refractivity contribution in [1.29, 1.82) is 0 Å². The number of aryl methyl sites for hydroxylation is 1. The zero-order valence-electron chi connectivity index (χ0n) is 12.1. The number of nitrogens with one attached hydrogen (secondary N) is 1. The van der Waals surface area contributed by atoms with Gasteiger partial charge in [-0.3, -0.25) is 9.78 Å². The number of carbonyl (C=O) groups is 1. The fourth-order valence-corrected chi connectivity index (χ4v) is 2.30. The minimum Gasteiger partial charge on any atom is -0.465 e. The normalized spacial score (nSPS) is 10.6. The van der Waals surface area contributed by atoms with Gasteiger partial charge in [0.25, 0.3) is 5.56 Å². The molecule has 0 saturated heterocycles. The molecule has 0 bridgehead atoms. The maximum Gasteiger partial charge on any atom is 0.338 e. The second kappa shape index (κ2) is 5.40. The van der Waals surface area contributed by atoms with E-state index in [4.69, 9.17) is 4.74 Å². The molecule has 0 atom stereocenters. The van der Waals surface area contributed by atoms with E-state index in [-0.39, 0.29) is 5.56 Å². The minimum atomic E-state index is -0.416. The fourth-order valence-electron chi connectivity index (χ4n) is 2.30. The van der Waals surface area contributed by atoms with Crippen LogP contribution in [0.4, 0.5) is 0 Å². The largest absolute Gasteiger partial charge is 0.465 e. The molecule has 3 aromatic rings. The Kier molecular flexibility index (Phi) is 3.42. The summed E-state index contributed by atoms with van der Waals surface area (Å²) >= 11 is 0. The molecule has 0 saturated carbocycles. The van der Waals surface area contributed by atoms with Crippen molar-refractivity contribution >= 4 is 16.9 Å². The van der Waals surface area contributed by atoms with Gasteiger partial charge in [0, 0.05) is 11.8 Å². The molecule has 6 heteroatoms. The molecule has 2 heterocycles. The number of carbonyl (C=O) groups excluding carboxylic acids is 1. The van der Waals surface area contributed by atoms with E-state index >= 15 is 0 Å². The van der Waals surface area contributed by atoms with E-state index in [0.29, 0.717) is 27.7 Å². The van der Waals surface area contributed by atoms with Gasteiger partial charge < -0.3 is 4.74 Å². The van der Waals surface area contributed by atoms with Crippen molar-refractivity contribution < 1.29 is 9.53 Å². The van der Waals surface area contributed by atoms with Crippen molar-refractivity contribution in [1.82, 2.24) is 15.2 Å². The first-order valence-electron chi connectivity index (χ1n) is 6.64. The molecule has 6 nitrogen and oxygen atoms in total. The Morgan fingerprint density at radius 3 is 2.86 bits per heavy atom. The maximum absolute atomic E-state index is 11.8. The Labute approximate surface area is 125 Å². The Morgan fingerprint density at radius 1 is 1.27 bits per heavy atom. The van der Waals surface area contributed by atoms with Crippen LogP contribution in [-0.2, 0) is 4.74 Å². The Bertz CT molecular complexity index is 931. The lowest BCUT2D eigenvalue weighted by atomic mass is 10.0. The third-order valence-electron chi connectivity index (χ3n) is 3.46. The van der Waals surface area contributed by atoms with Crippen LogP contribution in [-0.4, -0.2) is 28.3 Å². The molecule has 2 aromatic heterocycles. The number of H-pyrrole nitrogens is 1. The molecular weight excluding hydrogens is 282 g/mol. The van der Waals surface area contributed by atoms with Gasteiger partial charge in [-0.25, -0.2) is 9.89 Å². The average molecular weight is 295 g/mol. The third kappa shape index (κ3) is 2.24. The number of nitrogens with zero attached hydrogens (tertiary/aromatic N) is 2. The topological polar surface area (TPSA) is 84.9 Å². The Morgan fingerprint density at radius 2 is 2.09 bits per heavy atom. The summed E-state index contributed by atoms with van der Waals surface area (Å²) < 4.78 is 4.78. The van der Waals surface area contributed by atoms with Gasteiger partial charge in [0.05, 0.1) is 18.1 Å². The van der Waals surface area contributed by atoms with Gasteiger partial charge in [-0.15, -0.1) is 0 Å². The van der Waals surface area contributed by atoms with Crippen LogP contribution in [0, 0.1) is 6.92 Å². The quantitative estimate of drug-likeness (QED) is 0.732. The number of ether oxygens (including phenoxy) is 1. The highest BCUT2D eigenvalue weighted by molar-refractivity contribution is 5.95. The lowest BCUT2D eigenvalue weighted by Gasteiger charge is -2.08. The molecule has 0 radical (unpaired) electrons. The van der Waals surface area contributed by atoms with Crippen LogP contribution in [0.25, 0.3) is 22.2 Å². The predicted molar refractivity (Wildman–Crippen MR) is 81.7 cm³/mol. The Balaban J connectivity index is 2.27. The highest BCUT2D eigenvalue weighted by Crippen LogP contribution is 2.25. The molecule has 0 aliphatic rings. The lowest BCUT2D eigenvalue weighted by Crippen LogP contribution is -2.10. The molecule has 0 spiro atoms. The molecule has 1 N–H and O–H groups in total. The van der Waals surface area contributed by atoms with E-state index in [2.05, 4.69) is 15.2 Å². The molecule has 110 valence electrons. The van der Waals surface area contributed by atoms with E-state index < -0.39 is 5.97 Å². The van der Waals surface area contributed by atoms with Crippen LogP contribution in [0.15, 0.2) is 41.3 Å². The zero-order valence-corrected chi connectivity index (χ0v) is 12.1. The lowest BCUT2D eigenvalue weighted by molar-refractivity contribution is 0.0600. The molecule has 0 amide bonds. The van der Waals surface area contributed by atoms with Crippen molar-refractivity contribution in [3.05, 3.63) is 58.0 Å². The average Bonchev–Trinajstić information content (AvgIpc) is 2.55. The van der Waals surface area contributed by atoms with Crippen molar-refractivity contribution in [2.75, 3.05) is 7.11 Å². The molecule has 22 heavy (non-hydrogen) atoms. The number of pyridine rings is 1. The molecule has 0 aliphatic carbocycles. The van der Waals surface area contributed by atoms with Gasteiger partial charge in [-0.05, 0) is 30.7 Å². The van der Waals surface area contributed by atoms with Crippen molar-refractivity contribution in [3.63, 3.8) is 0 Å². The summed E-state index contributed by atoms with van der Waals surface area (Å²) in [5.74, 6) is -0.416. The summed E-state index contributed by atoms with van der Waals surface area (Å²) in [5, 5.41) is 6.99. The number of fused-ring (bicyclic) bond motifs is 1. The van der Waals surface area contributed by atoms with E-state index in [9.17, 15) is 9.59 Å². The first-order valence-corrected chi connectivity index (χ1v) is 6.64. The molecular formula is C16H13N3O3. The fraction of sp³-hybridized carbons (Fsp3) is 0.125. The molecule has 3 rings (SSSR count). The first kappa shape index (κ1) is 13.9. The smallest absolute Gasteiger partial charge is 0.338 e. The summed E-state index contributed by atoms with van der Waals surface area (Å²) in [4.78, 5) is 27.9. The standard InChI is InChI=1S/C16H13N3O3/c1-9-5-6-10(8-12(9)16(21)22-2)13-14-11(4-3-7-17-14)15(20)19-18-13/h3-8H,1-2H3,(H,19,20). The monoisotopic (exact) mass is 295 g/mol. The highest BCUT2D eigenvalue weighted by Gasteiger charge is 2.14. The second-order valence-corrected chi connectivity index (χ2v) is 4.82. The number of hydrogen-bond acceptors (Lipinski definition) is 5. The third-order valence-corrected chi connectivity index (χ3v) is 3.46. The predicted octanol–water partition coefficient (Wildman–Crippen LogP) is 2.08. The number of hydrogen-bond donors (Lipinski definition) is 1. The van der Waals surface area contributed by atoms with E-state index in [1.807, 2.05) is 19.1 Å². The zero-order chi connectivity index (χ0) is 15.7. The van der Waals surface area contributed by atoms with Gasteiger partial charge in [-0.2, -0.15) is 5.10 Å². The minimum absolute atomic E-state index is 0.299. The highest BCUT2D eigenvalue weighted by atomic mass is 16.5. The molecule has 0 aliphatic heterocycles. The van der Waals surface area contributed by atoms with Crippen LogP contribution < -0.4 is 5.56 Å². The number of aromatic amines is 1. The van der Waals surface area contributed by atoms with Crippen molar-refractivity contribution in [2.24, 2.45) is 0 Å². The molecule has 0 unspecified atom stereocenters. The molecule has 1 aromatic carbocycles. The Hall–Kier alpha value is -3.02. The van der Waals surface area contributed by atoms with Crippen LogP contribution in [0.1, 0.15) is 15.9 Å². The molecule has 0 fully saturated rings. The summed E-state index contributed by atoms with van der Waals surface area (Å²) in [6.45, 7) is 1.83.